The predicted octanol–water partition coefficient (Wildman–Crippen LogP) is 1.91. The molecule has 0 amide bonds. The second kappa shape index (κ2) is 8.15. The van der Waals surface area contributed by atoms with Gasteiger partial charge in [0.25, 0.3) is 0 Å². The van der Waals surface area contributed by atoms with Crippen LogP contribution in [0.2, 0.25) is 0 Å². The molecule has 0 aromatic rings. The number of nitrogens with zero attached hydrogens (tertiary/aromatic N) is 1. The van der Waals surface area contributed by atoms with Gasteiger partial charge in [0.2, 0.25) is 0 Å². The first kappa shape index (κ1) is 17.9. The molecule has 0 aliphatic carbocycles. The number of hydrogen-bond donors (Lipinski definition) is 1. The molecule has 0 radical (unpaired) electrons. The van der Waals surface area contributed by atoms with Gasteiger partial charge in [-0.25, -0.2) is 0 Å². The van der Waals surface area contributed by atoms with E-state index in [2.05, 4.69) is 6.92 Å². The minimum absolute atomic E-state index is 0.135. The van der Waals surface area contributed by atoms with Crippen LogP contribution >= 0.6 is 0 Å². The molecule has 2 atom stereocenters. The van der Waals surface area contributed by atoms with E-state index in [4.69, 9.17) is 9.84 Å². The summed E-state index contributed by atoms with van der Waals surface area (Å²) in [4.78, 5) is 22.6. The highest BCUT2D eigenvalue weighted by molar-refractivity contribution is 5.71. The van der Waals surface area contributed by atoms with Crippen molar-refractivity contribution in [2.45, 2.75) is 45.6 Å². The molecule has 5 nitrogen and oxygen atoms in total. The molecule has 0 saturated heterocycles. The Hall–Kier alpha value is -1.10. The summed E-state index contributed by atoms with van der Waals surface area (Å²) in [5, 5.41) is 8.86. The van der Waals surface area contributed by atoms with Crippen LogP contribution in [0.15, 0.2) is 0 Å². The molecule has 1 N–H and O–H groups in total. The fraction of sp³-hybridized carbons (Fsp3) is 0.857. The molecule has 0 bridgehead atoms. The zero-order valence-corrected chi connectivity index (χ0v) is 12.8. The van der Waals surface area contributed by atoms with E-state index >= 15 is 0 Å². The largest absolute Gasteiger partial charge is 0.481 e. The first-order chi connectivity index (χ1) is 8.64. The molecule has 0 aromatic heterocycles. The lowest BCUT2D eigenvalue weighted by molar-refractivity contribution is -0.873. The summed E-state index contributed by atoms with van der Waals surface area (Å²) in [5.41, 5.74) is 0. The van der Waals surface area contributed by atoms with E-state index in [0.717, 1.165) is 12.8 Å². The first-order valence-corrected chi connectivity index (χ1v) is 6.85. The number of carbonyl (C=O) groups excluding carboxylic acids is 1. The number of carboxylic acid groups (broad SMARTS) is 1. The number of aliphatic carboxylic acids is 1. The average molecular weight is 274 g/mol. The third-order valence-electron chi connectivity index (χ3n) is 2.75. The van der Waals surface area contributed by atoms with Gasteiger partial charge in [0.05, 0.1) is 27.6 Å². The van der Waals surface area contributed by atoms with Crippen molar-refractivity contribution in [2.24, 2.45) is 5.92 Å². The average Bonchev–Trinajstić information content (AvgIpc) is 2.12. The Morgan fingerprint density at radius 3 is 2.21 bits per heavy atom. The van der Waals surface area contributed by atoms with E-state index in [-0.39, 0.29) is 18.3 Å². The highest BCUT2D eigenvalue weighted by Crippen LogP contribution is 2.13. The molecule has 112 valence electrons. The normalized spacial score (nSPS) is 14.8. The van der Waals surface area contributed by atoms with Crippen molar-refractivity contribution in [1.82, 2.24) is 0 Å². The first-order valence-electron chi connectivity index (χ1n) is 6.85. The number of likely N-dealkylation sites (N-methyl/N-ethyl adjacent to an activating group) is 1. The summed E-state index contributed by atoms with van der Waals surface area (Å²) in [5.74, 6) is -0.944. The van der Waals surface area contributed by atoms with Gasteiger partial charge < -0.3 is 14.3 Å². The van der Waals surface area contributed by atoms with Crippen LogP contribution in [0.3, 0.4) is 0 Å². The lowest BCUT2D eigenvalue weighted by Gasteiger charge is -2.28. The molecule has 0 rings (SSSR count). The van der Waals surface area contributed by atoms with Gasteiger partial charge in [-0.05, 0) is 5.92 Å². The molecule has 0 saturated carbocycles. The molecular formula is C14H28NO4+. The van der Waals surface area contributed by atoms with E-state index < -0.39 is 12.1 Å². The Morgan fingerprint density at radius 2 is 1.79 bits per heavy atom. The van der Waals surface area contributed by atoms with Crippen LogP contribution in [0.5, 0.6) is 0 Å². The van der Waals surface area contributed by atoms with Gasteiger partial charge in [-0.2, -0.15) is 0 Å². The molecule has 0 heterocycles. The molecule has 0 aliphatic heterocycles. The molecule has 19 heavy (non-hydrogen) atoms. The maximum Gasteiger partial charge on any atom is 0.307 e. The second-order valence-electron chi connectivity index (χ2n) is 6.28. The minimum atomic E-state index is -0.937. The molecule has 2 unspecified atom stereocenters. The number of hydrogen-bond acceptors (Lipinski definition) is 3. The quantitative estimate of drug-likeness (QED) is 0.515. The number of carbonyl (C=O) groups is 2. The molecule has 0 fully saturated rings. The summed E-state index contributed by atoms with van der Waals surface area (Å²) in [7, 11) is 5.84. The monoisotopic (exact) mass is 274 g/mol. The Morgan fingerprint density at radius 1 is 1.21 bits per heavy atom. The van der Waals surface area contributed by atoms with Crippen LogP contribution in [0.25, 0.3) is 0 Å². The molecule has 0 aromatic carbocycles. The van der Waals surface area contributed by atoms with Crippen molar-refractivity contribution in [3.8, 4) is 0 Å². The van der Waals surface area contributed by atoms with Crippen LogP contribution in [-0.4, -0.2) is 55.3 Å². The predicted molar refractivity (Wildman–Crippen MR) is 73.7 cm³/mol. The van der Waals surface area contributed by atoms with Crippen molar-refractivity contribution >= 4 is 11.9 Å². The zero-order chi connectivity index (χ0) is 15.1. The third kappa shape index (κ3) is 10.5. The van der Waals surface area contributed by atoms with Gasteiger partial charge >= 0.3 is 11.9 Å². The lowest BCUT2D eigenvalue weighted by atomic mass is 10.0. The summed E-state index contributed by atoms with van der Waals surface area (Å²) in [6.45, 7) is 4.59. The summed E-state index contributed by atoms with van der Waals surface area (Å²) >= 11 is 0. The summed E-state index contributed by atoms with van der Waals surface area (Å²) in [6.07, 6.45) is 1.68. The van der Waals surface area contributed by atoms with E-state index in [1.54, 1.807) is 0 Å². The Kier molecular flexibility index (Phi) is 7.68. The van der Waals surface area contributed by atoms with Crippen molar-refractivity contribution in [2.75, 3.05) is 27.7 Å². The van der Waals surface area contributed by atoms with Crippen LogP contribution in [0.1, 0.15) is 39.5 Å². The molecular weight excluding hydrogens is 246 g/mol. The van der Waals surface area contributed by atoms with Crippen LogP contribution < -0.4 is 0 Å². The Bertz CT molecular complexity index is 296. The van der Waals surface area contributed by atoms with Crippen LogP contribution in [-0.2, 0) is 14.3 Å². The van der Waals surface area contributed by atoms with Gasteiger partial charge in [0.15, 0.2) is 6.10 Å². The maximum absolute atomic E-state index is 11.8. The van der Waals surface area contributed by atoms with Gasteiger partial charge in [0.1, 0.15) is 6.54 Å². The van der Waals surface area contributed by atoms with E-state index in [1.165, 1.54) is 0 Å². The zero-order valence-electron chi connectivity index (χ0n) is 12.8. The highest BCUT2D eigenvalue weighted by atomic mass is 16.5. The van der Waals surface area contributed by atoms with E-state index in [0.29, 0.717) is 17.4 Å². The number of carboxylic acids is 1. The standard InChI is InChI=1S/C14H27NO4/c1-6-7-11(2)8-14(18)19-12(9-13(16)17)10-15(3,4)5/h11-12H,6-10H2,1-5H3/p+1. The van der Waals surface area contributed by atoms with Crippen molar-refractivity contribution in [1.29, 1.82) is 0 Å². The maximum atomic E-state index is 11.8. The number of rotatable bonds is 9. The smallest absolute Gasteiger partial charge is 0.307 e. The molecule has 0 spiro atoms. The van der Waals surface area contributed by atoms with Gasteiger partial charge in [-0.3, -0.25) is 9.59 Å². The Labute approximate surface area is 116 Å². The summed E-state index contributed by atoms with van der Waals surface area (Å²) < 4.78 is 5.88. The van der Waals surface area contributed by atoms with Gasteiger partial charge in [-0.15, -0.1) is 0 Å². The van der Waals surface area contributed by atoms with Crippen molar-refractivity contribution < 1.29 is 23.9 Å². The topological polar surface area (TPSA) is 63.6 Å². The van der Waals surface area contributed by atoms with E-state index in [9.17, 15) is 9.59 Å². The molecule has 0 aliphatic rings. The highest BCUT2D eigenvalue weighted by Gasteiger charge is 2.25. The third-order valence-corrected chi connectivity index (χ3v) is 2.75. The van der Waals surface area contributed by atoms with Gasteiger partial charge in [-0.1, -0.05) is 26.7 Å². The number of quaternary nitrogens is 1. The molecule has 5 heteroatoms. The second-order valence-corrected chi connectivity index (χ2v) is 6.28. The lowest BCUT2D eigenvalue weighted by Crippen LogP contribution is -2.43. The fourth-order valence-electron chi connectivity index (χ4n) is 2.06. The Balaban J connectivity index is 4.38. The van der Waals surface area contributed by atoms with Crippen LogP contribution in [0, 0.1) is 5.92 Å². The minimum Gasteiger partial charge on any atom is -0.481 e. The van der Waals surface area contributed by atoms with Gasteiger partial charge in [0, 0.05) is 6.42 Å². The van der Waals surface area contributed by atoms with Crippen molar-refractivity contribution in [3.05, 3.63) is 0 Å². The fourth-order valence-corrected chi connectivity index (χ4v) is 2.06. The van der Waals surface area contributed by atoms with Crippen LogP contribution in [0.4, 0.5) is 0 Å². The SMILES string of the molecule is CCCC(C)CC(=O)OC(CC(=O)O)C[N+](C)(C)C. The van der Waals surface area contributed by atoms with Crippen molar-refractivity contribution in [3.63, 3.8) is 0 Å². The van der Waals surface area contributed by atoms with E-state index in [1.807, 2.05) is 28.1 Å². The number of esters is 1. The number of ether oxygens (including phenoxy) is 1. The summed E-state index contributed by atoms with van der Waals surface area (Å²) in [6, 6.07) is 0.